The van der Waals surface area contributed by atoms with E-state index in [1.807, 2.05) is 6.92 Å². The van der Waals surface area contributed by atoms with Gasteiger partial charge in [-0.15, -0.1) is 11.3 Å². The molecule has 9 heteroatoms. The molecule has 3 rings (SSSR count). The number of hydrogen-bond acceptors (Lipinski definition) is 6. The van der Waals surface area contributed by atoms with E-state index in [0.29, 0.717) is 11.4 Å². The Morgan fingerprint density at radius 1 is 1.20 bits per heavy atom. The molecule has 6 nitrogen and oxygen atoms in total. The maximum Gasteiger partial charge on any atom is 0.270 e. The minimum absolute atomic E-state index is 0.0174. The van der Waals surface area contributed by atoms with Crippen LogP contribution in [-0.2, 0) is 16.6 Å². The van der Waals surface area contributed by atoms with Gasteiger partial charge in [0.25, 0.3) is 10.0 Å². The molecular weight excluding hydrogens is 365 g/mol. The van der Waals surface area contributed by atoms with Gasteiger partial charge in [0.1, 0.15) is 11.5 Å². The van der Waals surface area contributed by atoms with Crippen molar-refractivity contribution >= 4 is 27.0 Å². The normalized spacial score (nSPS) is 11.7. The molecule has 2 aromatic heterocycles. The van der Waals surface area contributed by atoms with E-state index >= 15 is 0 Å². The molecule has 0 N–H and O–H groups in total. The Morgan fingerprint density at radius 2 is 1.88 bits per heavy atom. The Balaban J connectivity index is 2.11. The summed E-state index contributed by atoms with van der Waals surface area (Å²) < 4.78 is 46.0. The first-order chi connectivity index (χ1) is 11.8. The van der Waals surface area contributed by atoms with Crippen molar-refractivity contribution in [2.45, 2.75) is 32.2 Å². The second-order valence-electron chi connectivity index (χ2n) is 5.50. The third-order valence-electron chi connectivity index (χ3n) is 3.60. The second kappa shape index (κ2) is 6.57. The highest BCUT2D eigenvalue weighted by Crippen LogP contribution is 2.29. The molecule has 0 unspecified atom stereocenters. The fraction of sp³-hybridized carbons (Fsp3) is 0.250. The van der Waals surface area contributed by atoms with Gasteiger partial charge in [0, 0.05) is 5.38 Å². The molecule has 0 spiro atoms. The number of thiazole rings is 1. The number of nitrogens with zero attached hydrogens (tertiary/aromatic N) is 3. The Kier molecular flexibility index (Phi) is 4.61. The minimum Gasteiger partial charge on any atom is -0.360 e. The molecule has 0 aliphatic heterocycles. The van der Waals surface area contributed by atoms with E-state index in [9.17, 15) is 12.8 Å². The molecule has 1 aromatic carbocycles. The van der Waals surface area contributed by atoms with Gasteiger partial charge in [0.05, 0.1) is 22.9 Å². The third-order valence-corrected chi connectivity index (χ3v) is 6.44. The average Bonchev–Trinajstić information content (AvgIpc) is 3.11. The number of sulfonamides is 1. The second-order valence-corrected chi connectivity index (χ2v) is 8.36. The van der Waals surface area contributed by atoms with Gasteiger partial charge in [-0.05, 0) is 45.0 Å². The number of aromatic nitrogens is 2. The first-order valence-corrected chi connectivity index (χ1v) is 9.73. The Hall–Kier alpha value is -2.26. The number of hydrogen-bond donors (Lipinski definition) is 0. The van der Waals surface area contributed by atoms with Crippen molar-refractivity contribution in [3.05, 3.63) is 57.6 Å². The van der Waals surface area contributed by atoms with Gasteiger partial charge in [-0.2, -0.15) is 0 Å². The van der Waals surface area contributed by atoms with Crippen LogP contribution < -0.4 is 4.31 Å². The van der Waals surface area contributed by atoms with Crippen molar-refractivity contribution < 1.29 is 17.3 Å². The van der Waals surface area contributed by atoms with E-state index in [2.05, 4.69) is 10.1 Å². The smallest absolute Gasteiger partial charge is 0.270 e. The predicted octanol–water partition coefficient (Wildman–Crippen LogP) is 3.59. The van der Waals surface area contributed by atoms with Crippen molar-refractivity contribution in [1.29, 1.82) is 0 Å². The van der Waals surface area contributed by atoms with Gasteiger partial charge >= 0.3 is 0 Å². The fourth-order valence-electron chi connectivity index (χ4n) is 2.50. The molecule has 0 saturated heterocycles. The summed E-state index contributed by atoms with van der Waals surface area (Å²) in [6.45, 7) is 4.99. The summed E-state index contributed by atoms with van der Waals surface area (Å²) in [4.78, 5) is 4.35. The lowest BCUT2D eigenvalue weighted by Crippen LogP contribution is -2.31. The summed E-state index contributed by atoms with van der Waals surface area (Å²) in [6.07, 6.45) is 0. The van der Waals surface area contributed by atoms with Crippen LogP contribution in [0.5, 0.6) is 0 Å². The predicted molar refractivity (Wildman–Crippen MR) is 92.6 cm³/mol. The Bertz CT molecular complexity index is 975. The summed E-state index contributed by atoms with van der Waals surface area (Å²) in [5.41, 5.74) is 1.23. The minimum atomic E-state index is -3.95. The van der Waals surface area contributed by atoms with E-state index in [4.69, 9.17) is 4.52 Å². The molecule has 0 aliphatic carbocycles. The fourth-order valence-corrected chi connectivity index (χ4v) is 4.84. The van der Waals surface area contributed by atoms with Crippen molar-refractivity contribution in [2.24, 2.45) is 0 Å². The van der Waals surface area contributed by atoms with Crippen LogP contribution in [0.1, 0.15) is 22.2 Å². The number of benzene rings is 1. The highest BCUT2D eigenvalue weighted by molar-refractivity contribution is 7.92. The molecule has 2 heterocycles. The molecule has 0 aliphatic rings. The zero-order valence-corrected chi connectivity index (χ0v) is 15.5. The number of aryl methyl sites for hydroxylation is 3. The van der Waals surface area contributed by atoms with Gasteiger partial charge in [0.2, 0.25) is 0 Å². The highest BCUT2D eigenvalue weighted by Gasteiger charge is 2.32. The van der Waals surface area contributed by atoms with Crippen LogP contribution >= 0.6 is 11.3 Å². The van der Waals surface area contributed by atoms with Crippen LogP contribution in [0.2, 0.25) is 0 Å². The van der Waals surface area contributed by atoms with Crippen LogP contribution in [0.15, 0.2) is 39.1 Å². The molecule has 0 atom stereocenters. The first-order valence-electron chi connectivity index (χ1n) is 7.41. The monoisotopic (exact) mass is 381 g/mol. The molecule has 3 aromatic rings. The zero-order valence-electron chi connectivity index (χ0n) is 13.9. The summed E-state index contributed by atoms with van der Waals surface area (Å²) in [5, 5.41) is 6.37. The summed E-state index contributed by atoms with van der Waals surface area (Å²) >= 11 is 1.43. The van der Waals surface area contributed by atoms with Crippen molar-refractivity contribution in [3.63, 3.8) is 0 Å². The lowest BCUT2D eigenvalue weighted by molar-refractivity contribution is 0.390. The maximum absolute atomic E-state index is 13.3. The van der Waals surface area contributed by atoms with Crippen LogP contribution in [0, 0.1) is 26.6 Å². The largest absolute Gasteiger partial charge is 0.360 e. The maximum atomic E-state index is 13.3. The van der Waals surface area contributed by atoms with Crippen molar-refractivity contribution in [1.82, 2.24) is 10.1 Å². The molecule has 25 heavy (non-hydrogen) atoms. The number of halogens is 1. The van der Waals surface area contributed by atoms with E-state index in [-0.39, 0.29) is 22.9 Å². The van der Waals surface area contributed by atoms with Gasteiger partial charge in [-0.25, -0.2) is 17.8 Å². The lowest BCUT2D eigenvalue weighted by atomic mass is 10.3. The topological polar surface area (TPSA) is 76.3 Å². The van der Waals surface area contributed by atoms with E-state index < -0.39 is 15.8 Å². The van der Waals surface area contributed by atoms with Gasteiger partial charge in [0.15, 0.2) is 10.7 Å². The Morgan fingerprint density at radius 3 is 2.40 bits per heavy atom. The van der Waals surface area contributed by atoms with Gasteiger partial charge in [-0.3, -0.25) is 4.31 Å². The van der Waals surface area contributed by atoms with E-state index in [1.54, 1.807) is 19.2 Å². The quantitative estimate of drug-likeness (QED) is 0.675. The summed E-state index contributed by atoms with van der Waals surface area (Å²) in [5.74, 6) is -0.234. The van der Waals surface area contributed by atoms with Gasteiger partial charge < -0.3 is 4.52 Å². The van der Waals surface area contributed by atoms with Crippen LogP contribution in [0.4, 0.5) is 10.1 Å². The third kappa shape index (κ3) is 3.42. The van der Waals surface area contributed by atoms with Crippen molar-refractivity contribution in [2.75, 3.05) is 4.31 Å². The van der Waals surface area contributed by atoms with Gasteiger partial charge in [-0.1, -0.05) is 5.16 Å². The van der Waals surface area contributed by atoms with Crippen LogP contribution in [-0.4, -0.2) is 18.6 Å². The number of rotatable bonds is 5. The van der Waals surface area contributed by atoms with Crippen molar-refractivity contribution in [3.8, 4) is 0 Å². The van der Waals surface area contributed by atoms with E-state index in [0.717, 1.165) is 5.01 Å². The SMILES string of the molecule is Cc1nc(CN(c2ccc(F)cc2)S(=O)(=O)c2c(C)noc2C)cs1. The van der Waals surface area contributed by atoms with Crippen LogP contribution in [0.25, 0.3) is 0 Å². The molecule has 0 fully saturated rings. The zero-order chi connectivity index (χ0) is 18.2. The molecule has 132 valence electrons. The highest BCUT2D eigenvalue weighted by atomic mass is 32.2. The molecule has 0 radical (unpaired) electrons. The average molecular weight is 381 g/mol. The number of anilines is 1. The first kappa shape index (κ1) is 17.6. The standard InChI is InChI=1S/C16H16FN3O3S2/c1-10-16(11(2)23-19-10)25(21,22)20(8-14-9-24-12(3)18-14)15-6-4-13(17)5-7-15/h4-7,9H,8H2,1-3H3. The van der Waals surface area contributed by atoms with E-state index in [1.165, 1.54) is 39.9 Å². The molecule has 0 bridgehead atoms. The summed E-state index contributed by atoms with van der Waals surface area (Å²) in [6, 6.07) is 5.28. The lowest BCUT2D eigenvalue weighted by Gasteiger charge is -2.23. The molecular formula is C16H16FN3O3S2. The summed E-state index contributed by atoms with van der Waals surface area (Å²) in [7, 11) is -3.95. The molecule has 0 amide bonds. The van der Waals surface area contributed by atoms with Crippen LogP contribution in [0.3, 0.4) is 0 Å². The molecule has 0 saturated carbocycles. The Labute approximate surface area is 149 Å².